The van der Waals surface area contributed by atoms with Crippen molar-refractivity contribution in [3.05, 3.63) is 29.6 Å². The lowest BCUT2D eigenvalue weighted by atomic mass is 9.73. The molecule has 1 unspecified atom stereocenters. The molecule has 0 spiro atoms. The molecule has 1 aromatic carbocycles. The lowest BCUT2D eigenvalue weighted by Gasteiger charge is -2.39. The van der Waals surface area contributed by atoms with Gasteiger partial charge in [-0.1, -0.05) is 26.7 Å². The quantitative estimate of drug-likeness (QED) is 0.823. The summed E-state index contributed by atoms with van der Waals surface area (Å²) in [5, 5.41) is 2.92. The van der Waals surface area contributed by atoms with Gasteiger partial charge in [0.05, 0.1) is 0 Å². The topological polar surface area (TPSA) is 12.0 Å². The van der Waals surface area contributed by atoms with Gasteiger partial charge in [-0.2, -0.15) is 0 Å². The van der Waals surface area contributed by atoms with Gasteiger partial charge < -0.3 is 5.32 Å². The molecule has 0 amide bonds. The summed E-state index contributed by atoms with van der Waals surface area (Å²) >= 11 is 0. The Morgan fingerprint density at radius 2 is 1.72 bits per heavy atom. The smallest absolute Gasteiger partial charge is 0.152 e. The van der Waals surface area contributed by atoms with E-state index in [-0.39, 0.29) is 17.1 Å². The largest absolute Gasteiger partial charge is 0.377 e. The number of anilines is 1. The van der Waals surface area contributed by atoms with Gasteiger partial charge in [-0.25, -0.2) is 13.2 Å². The molecule has 0 heterocycles. The molecule has 1 saturated carbocycles. The Hall–Kier alpha value is -1.19. The molecule has 4 heteroatoms. The van der Waals surface area contributed by atoms with Gasteiger partial charge in [-0.3, -0.25) is 0 Å². The molecule has 1 aliphatic rings. The minimum absolute atomic E-state index is 0.00842. The van der Waals surface area contributed by atoms with Crippen molar-refractivity contribution in [1.82, 2.24) is 0 Å². The van der Waals surface area contributed by atoms with Crippen LogP contribution in [0.3, 0.4) is 0 Å². The first-order chi connectivity index (χ1) is 8.40. The van der Waals surface area contributed by atoms with Crippen LogP contribution in [-0.4, -0.2) is 6.04 Å². The van der Waals surface area contributed by atoms with Gasteiger partial charge in [0.25, 0.3) is 0 Å². The van der Waals surface area contributed by atoms with E-state index in [1.165, 1.54) is 0 Å². The highest BCUT2D eigenvalue weighted by Gasteiger charge is 2.33. The van der Waals surface area contributed by atoms with Gasteiger partial charge in [-0.05, 0) is 18.3 Å². The van der Waals surface area contributed by atoms with Crippen LogP contribution in [0.1, 0.15) is 39.5 Å². The van der Waals surface area contributed by atoms with E-state index in [1.807, 2.05) is 0 Å². The number of nitrogens with one attached hydrogen (secondary N) is 1. The van der Waals surface area contributed by atoms with Crippen LogP contribution in [-0.2, 0) is 0 Å². The van der Waals surface area contributed by atoms with Crippen LogP contribution in [0.4, 0.5) is 18.9 Å². The van der Waals surface area contributed by atoms with Crippen LogP contribution >= 0.6 is 0 Å². The van der Waals surface area contributed by atoms with Gasteiger partial charge in [0, 0.05) is 18.2 Å². The van der Waals surface area contributed by atoms with Crippen molar-refractivity contribution in [3.63, 3.8) is 0 Å². The van der Waals surface area contributed by atoms with Gasteiger partial charge in [0.2, 0.25) is 0 Å². The van der Waals surface area contributed by atoms with E-state index in [9.17, 15) is 13.2 Å². The first-order valence-electron chi connectivity index (χ1n) is 6.31. The van der Waals surface area contributed by atoms with E-state index in [4.69, 9.17) is 0 Å². The zero-order chi connectivity index (χ0) is 13.3. The molecule has 0 bridgehead atoms. The SMILES string of the molecule is CC1(C)CCCCC1Nc1c(F)cc(F)cc1F. The second kappa shape index (κ2) is 4.82. The number of halogens is 3. The van der Waals surface area contributed by atoms with E-state index < -0.39 is 17.5 Å². The molecule has 1 N–H and O–H groups in total. The fourth-order valence-corrected chi connectivity index (χ4v) is 2.62. The standard InChI is InChI=1S/C14H18F3N/c1-14(2)6-4-3-5-12(14)18-13-10(16)7-9(15)8-11(13)17/h7-8,12,18H,3-6H2,1-2H3. The molecule has 0 aromatic heterocycles. The maximum atomic E-state index is 13.6. The van der Waals surface area contributed by atoms with Crippen molar-refractivity contribution in [2.45, 2.75) is 45.6 Å². The van der Waals surface area contributed by atoms with E-state index in [1.54, 1.807) is 0 Å². The monoisotopic (exact) mass is 257 g/mol. The summed E-state index contributed by atoms with van der Waals surface area (Å²) in [6, 6.07) is 1.43. The van der Waals surface area contributed by atoms with Crippen LogP contribution in [0.2, 0.25) is 0 Å². The molecular weight excluding hydrogens is 239 g/mol. The van der Waals surface area contributed by atoms with E-state index in [0.717, 1.165) is 25.7 Å². The Morgan fingerprint density at radius 1 is 1.11 bits per heavy atom. The van der Waals surface area contributed by atoms with E-state index in [0.29, 0.717) is 12.1 Å². The Labute approximate surface area is 105 Å². The lowest BCUT2D eigenvalue weighted by Crippen LogP contribution is -2.39. The maximum Gasteiger partial charge on any atom is 0.152 e. The zero-order valence-corrected chi connectivity index (χ0v) is 10.7. The van der Waals surface area contributed by atoms with Crippen LogP contribution in [0.5, 0.6) is 0 Å². The summed E-state index contributed by atoms with van der Waals surface area (Å²) in [7, 11) is 0. The fraction of sp³-hybridized carbons (Fsp3) is 0.571. The van der Waals surface area contributed by atoms with Crippen LogP contribution in [0.15, 0.2) is 12.1 Å². The molecule has 0 saturated heterocycles. The van der Waals surface area contributed by atoms with Gasteiger partial charge >= 0.3 is 0 Å². The third kappa shape index (κ3) is 2.62. The number of benzene rings is 1. The first kappa shape index (κ1) is 13.2. The average Bonchev–Trinajstić information content (AvgIpc) is 2.24. The predicted octanol–water partition coefficient (Wildman–Crippen LogP) is 4.48. The minimum Gasteiger partial charge on any atom is -0.377 e. The molecule has 0 radical (unpaired) electrons. The molecule has 100 valence electrons. The first-order valence-corrected chi connectivity index (χ1v) is 6.31. The normalized spacial score (nSPS) is 22.8. The summed E-state index contributed by atoms with van der Waals surface area (Å²) in [4.78, 5) is 0. The molecule has 1 nitrogen and oxygen atoms in total. The molecule has 2 rings (SSSR count). The van der Waals surface area contributed by atoms with Crippen molar-refractivity contribution >= 4 is 5.69 Å². The predicted molar refractivity (Wildman–Crippen MR) is 66.0 cm³/mol. The summed E-state index contributed by atoms with van der Waals surface area (Å²) in [6.45, 7) is 4.17. The van der Waals surface area contributed by atoms with Crippen LogP contribution < -0.4 is 5.32 Å². The second-order valence-corrected chi connectivity index (χ2v) is 5.68. The molecule has 0 aliphatic heterocycles. The van der Waals surface area contributed by atoms with Crippen LogP contribution in [0.25, 0.3) is 0 Å². The van der Waals surface area contributed by atoms with Crippen LogP contribution in [0, 0.1) is 22.9 Å². The lowest BCUT2D eigenvalue weighted by molar-refractivity contribution is 0.216. The minimum atomic E-state index is -0.890. The Morgan fingerprint density at radius 3 is 2.28 bits per heavy atom. The fourth-order valence-electron chi connectivity index (χ4n) is 2.62. The van der Waals surface area contributed by atoms with Gasteiger partial charge in [0.1, 0.15) is 11.5 Å². The molecule has 1 fully saturated rings. The third-order valence-corrected chi connectivity index (χ3v) is 3.83. The van der Waals surface area contributed by atoms with Crippen molar-refractivity contribution in [2.24, 2.45) is 5.41 Å². The Kier molecular flexibility index (Phi) is 3.55. The van der Waals surface area contributed by atoms with Crippen molar-refractivity contribution in [2.75, 3.05) is 5.32 Å². The Balaban J connectivity index is 2.23. The van der Waals surface area contributed by atoms with Crippen molar-refractivity contribution in [1.29, 1.82) is 0 Å². The summed E-state index contributed by atoms with van der Waals surface area (Å²) in [6.07, 6.45) is 4.09. The number of hydrogen-bond acceptors (Lipinski definition) is 1. The highest BCUT2D eigenvalue weighted by Crippen LogP contribution is 2.38. The van der Waals surface area contributed by atoms with E-state index >= 15 is 0 Å². The molecule has 1 aromatic rings. The third-order valence-electron chi connectivity index (χ3n) is 3.83. The van der Waals surface area contributed by atoms with Crippen molar-refractivity contribution in [3.8, 4) is 0 Å². The van der Waals surface area contributed by atoms with Crippen molar-refractivity contribution < 1.29 is 13.2 Å². The maximum absolute atomic E-state index is 13.6. The average molecular weight is 257 g/mol. The Bertz CT molecular complexity index is 420. The summed E-state index contributed by atoms with van der Waals surface area (Å²) in [5.41, 5.74) is -0.220. The molecule has 18 heavy (non-hydrogen) atoms. The summed E-state index contributed by atoms with van der Waals surface area (Å²) in [5.74, 6) is -2.62. The zero-order valence-electron chi connectivity index (χ0n) is 10.7. The highest BCUT2D eigenvalue weighted by atomic mass is 19.1. The highest BCUT2D eigenvalue weighted by molar-refractivity contribution is 5.47. The molecular formula is C14H18F3N. The number of rotatable bonds is 2. The van der Waals surface area contributed by atoms with Gasteiger partial charge in [-0.15, -0.1) is 0 Å². The van der Waals surface area contributed by atoms with E-state index in [2.05, 4.69) is 19.2 Å². The van der Waals surface area contributed by atoms with Gasteiger partial charge in [0.15, 0.2) is 11.6 Å². The molecule has 1 atom stereocenters. The summed E-state index contributed by atoms with van der Waals surface area (Å²) < 4.78 is 40.0. The molecule has 1 aliphatic carbocycles. The number of hydrogen-bond donors (Lipinski definition) is 1. The second-order valence-electron chi connectivity index (χ2n) is 5.68.